The lowest BCUT2D eigenvalue weighted by Gasteiger charge is -2.46. The molecule has 3 aliphatic rings. The molecule has 4 unspecified atom stereocenters. The number of piperidine rings is 2. The number of likely N-dealkylation sites (N-methyl/N-ethyl adjacent to an activating group) is 1. The van der Waals surface area contributed by atoms with Gasteiger partial charge in [-0.2, -0.15) is 0 Å². The standard InChI is InChI=1S/C19H37N3/c1-5-15-10-17(20-11-15)16-12-21-18(9-14(16)3)19-8-13(2)6-7-22(19)4/h13-21H,5-12H2,1-4H3/t13-,14-,15+,16?,17?,18?,19?/m1/s1. The van der Waals surface area contributed by atoms with E-state index in [4.69, 9.17) is 0 Å². The van der Waals surface area contributed by atoms with Crippen LogP contribution in [0.15, 0.2) is 0 Å². The van der Waals surface area contributed by atoms with Crippen molar-refractivity contribution in [2.24, 2.45) is 23.7 Å². The Morgan fingerprint density at radius 3 is 2.45 bits per heavy atom. The topological polar surface area (TPSA) is 27.3 Å². The van der Waals surface area contributed by atoms with Crippen molar-refractivity contribution in [2.45, 2.75) is 71.0 Å². The zero-order valence-electron chi connectivity index (χ0n) is 15.1. The van der Waals surface area contributed by atoms with Crippen LogP contribution in [0.2, 0.25) is 0 Å². The molecule has 7 atom stereocenters. The molecule has 0 spiro atoms. The fraction of sp³-hybridized carbons (Fsp3) is 1.00. The summed E-state index contributed by atoms with van der Waals surface area (Å²) in [6.07, 6.45) is 6.86. The zero-order chi connectivity index (χ0) is 15.7. The quantitative estimate of drug-likeness (QED) is 0.839. The first kappa shape index (κ1) is 16.7. The van der Waals surface area contributed by atoms with Gasteiger partial charge in [-0.1, -0.05) is 27.2 Å². The van der Waals surface area contributed by atoms with Gasteiger partial charge in [-0.05, 0) is 69.5 Å². The first-order valence-electron chi connectivity index (χ1n) is 9.75. The minimum atomic E-state index is 0.711. The summed E-state index contributed by atoms with van der Waals surface area (Å²) in [5, 5.41) is 7.77. The van der Waals surface area contributed by atoms with Gasteiger partial charge in [0.25, 0.3) is 0 Å². The van der Waals surface area contributed by atoms with E-state index in [9.17, 15) is 0 Å². The van der Waals surface area contributed by atoms with Crippen molar-refractivity contribution in [3.8, 4) is 0 Å². The summed E-state index contributed by atoms with van der Waals surface area (Å²) in [4.78, 5) is 2.62. The molecule has 2 N–H and O–H groups in total. The van der Waals surface area contributed by atoms with E-state index < -0.39 is 0 Å². The lowest BCUT2D eigenvalue weighted by Crippen LogP contribution is -2.58. The van der Waals surface area contributed by atoms with E-state index in [1.54, 1.807) is 0 Å². The molecule has 128 valence electrons. The lowest BCUT2D eigenvalue weighted by atomic mass is 9.75. The minimum Gasteiger partial charge on any atom is -0.313 e. The average Bonchev–Trinajstić information content (AvgIpc) is 2.98. The number of nitrogens with one attached hydrogen (secondary N) is 2. The Hall–Kier alpha value is -0.120. The molecule has 0 aromatic rings. The molecule has 22 heavy (non-hydrogen) atoms. The maximum Gasteiger partial charge on any atom is 0.0248 e. The Bertz CT molecular complexity index is 359. The van der Waals surface area contributed by atoms with E-state index in [1.165, 1.54) is 51.7 Å². The molecule has 3 aliphatic heterocycles. The van der Waals surface area contributed by atoms with Gasteiger partial charge in [0.1, 0.15) is 0 Å². The van der Waals surface area contributed by atoms with E-state index in [0.29, 0.717) is 6.04 Å². The molecular formula is C19H37N3. The summed E-state index contributed by atoms with van der Waals surface area (Å²) < 4.78 is 0. The second-order valence-electron chi connectivity index (χ2n) is 8.59. The van der Waals surface area contributed by atoms with Gasteiger partial charge in [0.15, 0.2) is 0 Å². The van der Waals surface area contributed by atoms with Crippen LogP contribution in [-0.4, -0.2) is 49.7 Å². The van der Waals surface area contributed by atoms with Gasteiger partial charge in [-0.25, -0.2) is 0 Å². The molecule has 0 amide bonds. The zero-order valence-corrected chi connectivity index (χ0v) is 15.1. The van der Waals surface area contributed by atoms with E-state index in [1.807, 2.05) is 0 Å². The molecule has 0 bridgehead atoms. The molecule has 0 aliphatic carbocycles. The van der Waals surface area contributed by atoms with Crippen LogP contribution in [0.5, 0.6) is 0 Å². The number of hydrogen-bond acceptors (Lipinski definition) is 3. The van der Waals surface area contributed by atoms with E-state index >= 15 is 0 Å². The molecule has 0 aromatic carbocycles. The minimum absolute atomic E-state index is 0.711. The van der Waals surface area contributed by atoms with Gasteiger partial charge in [0.2, 0.25) is 0 Å². The summed E-state index contributed by atoms with van der Waals surface area (Å²) in [7, 11) is 2.33. The molecule has 0 radical (unpaired) electrons. The summed E-state index contributed by atoms with van der Waals surface area (Å²) in [6, 6.07) is 2.23. The highest BCUT2D eigenvalue weighted by Gasteiger charge is 2.40. The Morgan fingerprint density at radius 1 is 1.00 bits per heavy atom. The lowest BCUT2D eigenvalue weighted by molar-refractivity contribution is 0.0745. The van der Waals surface area contributed by atoms with Crippen LogP contribution in [0.1, 0.15) is 52.9 Å². The number of nitrogens with zero attached hydrogens (tertiary/aromatic N) is 1. The fourth-order valence-corrected chi connectivity index (χ4v) is 5.23. The first-order chi connectivity index (χ1) is 10.6. The summed E-state index contributed by atoms with van der Waals surface area (Å²) in [6.45, 7) is 11.0. The van der Waals surface area contributed by atoms with Crippen LogP contribution < -0.4 is 10.6 Å². The monoisotopic (exact) mass is 307 g/mol. The van der Waals surface area contributed by atoms with Crippen molar-refractivity contribution < 1.29 is 0 Å². The van der Waals surface area contributed by atoms with E-state index in [-0.39, 0.29) is 0 Å². The molecule has 0 saturated carbocycles. The van der Waals surface area contributed by atoms with Gasteiger partial charge in [-0.3, -0.25) is 0 Å². The Kier molecular flexibility index (Phi) is 5.47. The average molecular weight is 308 g/mol. The van der Waals surface area contributed by atoms with Crippen LogP contribution in [0.25, 0.3) is 0 Å². The largest absolute Gasteiger partial charge is 0.313 e. The molecule has 3 heterocycles. The smallest absolute Gasteiger partial charge is 0.0248 e. The van der Waals surface area contributed by atoms with Crippen LogP contribution in [-0.2, 0) is 0 Å². The van der Waals surface area contributed by atoms with Gasteiger partial charge in [0.05, 0.1) is 0 Å². The normalized spacial score (nSPS) is 47.7. The van der Waals surface area contributed by atoms with E-state index in [0.717, 1.165) is 35.8 Å². The fourth-order valence-electron chi connectivity index (χ4n) is 5.23. The SMILES string of the molecule is CC[C@@H]1CNC(C2CNC(C3C[C@H](C)CCN3C)C[C@H]2C)C1. The molecule has 3 heteroatoms. The highest BCUT2D eigenvalue weighted by Crippen LogP contribution is 2.34. The predicted molar refractivity (Wildman–Crippen MR) is 94.1 cm³/mol. The molecular weight excluding hydrogens is 270 g/mol. The summed E-state index contributed by atoms with van der Waals surface area (Å²) in [5.74, 6) is 3.50. The Balaban J connectivity index is 1.55. The van der Waals surface area contributed by atoms with Crippen molar-refractivity contribution in [1.29, 1.82) is 0 Å². The third kappa shape index (κ3) is 3.52. The number of likely N-dealkylation sites (tertiary alicyclic amines) is 1. The van der Waals surface area contributed by atoms with Crippen LogP contribution in [0.4, 0.5) is 0 Å². The first-order valence-corrected chi connectivity index (χ1v) is 9.75. The number of hydrogen-bond donors (Lipinski definition) is 2. The van der Waals surface area contributed by atoms with Gasteiger partial charge < -0.3 is 15.5 Å². The van der Waals surface area contributed by atoms with Gasteiger partial charge in [0, 0.05) is 24.7 Å². The van der Waals surface area contributed by atoms with Crippen molar-refractivity contribution >= 4 is 0 Å². The maximum absolute atomic E-state index is 3.95. The predicted octanol–water partition coefficient (Wildman–Crippen LogP) is 2.72. The van der Waals surface area contributed by atoms with Crippen molar-refractivity contribution in [3.63, 3.8) is 0 Å². The van der Waals surface area contributed by atoms with Crippen molar-refractivity contribution in [1.82, 2.24) is 15.5 Å². The maximum atomic E-state index is 3.95. The second-order valence-corrected chi connectivity index (χ2v) is 8.59. The molecule has 3 saturated heterocycles. The van der Waals surface area contributed by atoms with Gasteiger partial charge >= 0.3 is 0 Å². The van der Waals surface area contributed by atoms with Crippen LogP contribution >= 0.6 is 0 Å². The second kappa shape index (κ2) is 7.19. The van der Waals surface area contributed by atoms with E-state index in [2.05, 4.69) is 43.4 Å². The van der Waals surface area contributed by atoms with Crippen LogP contribution in [0, 0.1) is 23.7 Å². The Morgan fingerprint density at radius 2 is 1.77 bits per heavy atom. The van der Waals surface area contributed by atoms with Crippen LogP contribution in [0.3, 0.4) is 0 Å². The van der Waals surface area contributed by atoms with Crippen molar-refractivity contribution in [3.05, 3.63) is 0 Å². The van der Waals surface area contributed by atoms with Gasteiger partial charge in [-0.15, -0.1) is 0 Å². The highest BCUT2D eigenvalue weighted by atomic mass is 15.2. The molecule has 3 nitrogen and oxygen atoms in total. The molecule has 3 fully saturated rings. The third-order valence-corrected chi connectivity index (χ3v) is 6.97. The van der Waals surface area contributed by atoms with Crippen molar-refractivity contribution in [2.75, 3.05) is 26.7 Å². The molecule has 0 aromatic heterocycles. The number of rotatable bonds is 3. The summed E-state index contributed by atoms with van der Waals surface area (Å²) >= 11 is 0. The third-order valence-electron chi connectivity index (χ3n) is 6.97. The Labute approximate surface area is 137 Å². The summed E-state index contributed by atoms with van der Waals surface area (Å²) in [5.41, 5.74) is 0. The highest BCUT2D eigenvalue weighted by molar-refractivity contribution is 4.97. The molecule has 3 rings (SSSR count).